The van der Waals surface area contributed by atoms with Crippen LogP contribution in [0.4, 0.5) is 11.4 Å². The first-order valence-electron chi connectivity index (χ1n) is 19.8. The Kier molecular flexibility index (Phi) is 16.6. The summed E-state index contributed by atoms with van der Waals surface area (Å²) in [5.74, 6) is 2.17. The molecule has 2 saturated heterocycles. The number of carbonyl (C=O) groups excluding carboxylic acids is 5. The molecule has 2 fully saturated rings. The number of rotatable bonds is 10. The van der Waals surface area contributed by atoms with Gasteiger partial charge in [-0.25, -0.2) is 0 Å². The molecule has 13 heteroatoms. The van der Waals surface area contributed by atoms with E-state index in [0.29, 0.717) is 73.1 Å². The van der Waals surface area contributed by atoms with Gasteiger partial charge in [0.25, 0.3) is 0 Å². The number of nitrogens with one attached hydrogen (secondary N) is 1. The van der Waals surface area contributed by atoms with Crippen molar-refractivity contribution >= 4 is 59.5 Å². The van der Waals surface area contributed by atoms with Crippen molar-refractivity contribution in [3.05, 3.63) is 101 Å². The maximum absolute atomic E-state index is 13.5. The van der Waals surface area contributed by atoms with Gasteiger partial charge in [-0.1, -0.05) is 47.0 Å². The summed E-state index contributed by atoms with van der Waals surface area (Å²) < 4.78 is 6.06. The number of hydrogen-bond acceptors (Lipinski definition) is 8. The quantitative estimate of drug-likeness (QED) is 0.139. The predicted octanol–water partition coefficient (Wildman–Crippen LogP) is 4.29. The fourth-order valence-electron chi connectivity index (χ4n) is 8.90. The van der Waals surface area contributed by atoms with Crippen LogP contribution < -0.4 is 44.5 Å². The SMILES string of the molecule is CNC(=O)CCCC=O.[CH2-]c1c(C=O)ccc2c1OCC21CCN(C(=O)CN2CCC(c3ccc4c(c3)N(c3cccc(Cl)c3C=O)C(=NC)C4(C)C)CC2)CC1.[CH3-].[Na+]. The smallest absolute Gasteiger partial charge is 0.549 e. The molecule has 0 aliphatic carbocycles. The minimum Gasteiger partial charge on any atom is -0.549 e. The molecule has 4 aliphatic heterocycles. The molecule has 0 atom stereocenters. The number of ether oxygens (including phenoxy) is 1. The second-order valence-corrected chi connectivity index (χ2v) is 16.3. The van der Waals surface area contributed by atoms with E-state index in [1.807, 2.05) is 29.2 Å². The van der Waals surface area contributed by atoms with Gasteiger partial charge in [0, 0.05) is 56.6 Å². The number of benzene rings is 3. The number of aldehydes is 3. The predicted molar refractivity (Wildman–Crippen MR) is 230 cm³/mol. The van der Waals surface area contributed by atoms with Gasteiger partial charge in [0.1, 0.15) is 12.1 Å². The summed E-state index contributed by atoms with van der Waals surface area (Å²) >= 11 is 6.46. The first-order chi connectivity index (χ1) is 27.4. The number of anilines is 2. The normalized spacial score (nSPS) is 18.3. The van der Waals surface area contributed by atoms with Gasteiger partial charge in [-0.3, -0.25) is 29.2 Å². The molecule has 1 N–H and O–H groups in total. The number of aliphatic imine (C=N–C) groups is 1. The second-order valence-electron chi connectivity index (χ2n) is 15.9. The third kappa shape index (κ3) is 9.65. The van der Waals surface area contributed by atoms with Gasteiger partial charge in [0.15, 0.2) is 6.29 Å². The Morgan fingerprint density at radius 1 is 0.983 bits per heavy atom. The molecule has 4 aliphatic rings. The van der Waals surface area contributed by atoms with Crippen LogP contribution in [0.25, 0.3) is 0 Å². The maximum atomic E-state index is 13.5. The monoisotopic (exact) mass is 832 g/mol. The van der Waals surface area contributed by atoms with Crippen LogP contribution in [0.5, 0.6) is 5.75 Å². The Labute approximate surface area is 376 Å². The number of carbonyl (C=O) groups is 5. The number of unbranched alkanes of at least 4 members (excludes halogenated alkanes) is 1. The summed E-state index contributed by atoms with van der Waals surface area (Å²) in [5.41, 5.74) is 6.55. The molecular formula is C46H56ClN5NaO6-. The number of halogens is 1. The molecule has 0 radical (unpaired) electrons. The number of fused-ring (bicyclic) bond motifs is 3. The van der Waals surface area contributed by atoms with E-state index in [1.54, 1.807) is 20.2 Å². The Morgan fingerprint density at radius 3 is 2.31 bits per heavy atom. The standard InChI is InChI=1S/C39H42ClN4O4.C6H11NO2.CH3.Na/c1-25-28(22-45)9-11-31-36(25)48-24-39(31)14-18-43(19-15-39)35(47)21-42-16-12-26(13-17-42)27-8-10-30-34(20-27)44(37(41-4)38(30,2)3)33-7-5-6-32(40)29(33)23-46;1-7-6(9)4-2-3-5-8;;/h5-11,20,22-23,26H,1,12-19,21,24H2,2-4H3;5H,2-4H2,1H3,(H,7,9);1H3;/q-1;;-1;+1. The topological polar surface area (TPSA) is 129 Å². The molecular weight excluding hydrogens is 777 g/mol. The second kappa shape index (κ2) is 20.5. The molecule has 11 nitrogen and oxygen atoms in total. The van der Waals surface area contributed by atoms with Crippen molar-refractivity contribution < 1.29 is 58.3 Å². The summed E-state index contributed by atoms with van der Waals surface area (Å²) in [7, 11) is 3.39. The van der Waals surface area contributed by atoms with Crippen molar-refractivity contribution in [1.82, 2.24) is 15.1 Å². The molecule has 0 unspecified atom stereocenters. The average Bonchev–Trinajstić information content (AvgIpc) is 3.69. The molecule has 0 bridgehead atoms. The number of amides is 2. The van der Waals surface area contributed by atoms with Gasteiger partial charge in [-0.2, -0.15) is 6.92 Å². The summed E-state index contributed by atoms with van der Waals surface area (Å²) in [6.45, 7) is 12.5. The van der Waals surface area contributed by atoms with Gasteiger partial charge >= 0.3 is 29.6 Å². The van der Waals surface area contributed by atoms with Gasteiger partial charge in [-0.15, -0.1) is 11.6 Å². The van der Waals surface area contributed by atoms with Crippen LogP contribution in [-0.4, -0.2) is 99.7 Å². The summed E-state index contributed by atoms with van der Waals surface area (Å²) in [6.07, 6.45) is 7.68. The fraction of sp³-hybridized carbons (Fsp3) is 0.435. The minimum absolute atomic E-state index is 0. The number of nitrogens with zero attached hydrogens (tertiary/aromatic N) is 4. The van der Waals surface area contributed by atoms with E-state index in [0.717, 1.165) is 86.2 Å². The number of likely N-dealkylation sites (tertiary alicyclic amines) is 2. The van der Waals surface area contributed by atoms with Crippen LogP contribution in [0.2, 0.25) is 5.02 Å². The van der Waals surface area contributed by atoms with Crippen molar-refractivity contribution in [2.45, 2.75) is 75.5 Å². The summed E-state index contributed by atoms with van der Waals surface area (Å²) in [4.78, 5) is 68.3. The van der Waals surface area contributed by atoms with Gasteiger partial charge < -0.3 is 32.0 Å². The van der Waals surface area contributed by atoms with E-state index < -0.39 is 0 Å². The van der Waals surface area contributed by atoms with Crippen LogP contribution in [0.15, 0.2) is 53.5 Å². The summed E-state index contributed by atoms with van der Waals surface area (Å²) in [6, 6.07) is 16.1. The largest absolute Gasteiger partial charge is 1.00 e. The van der Waals surface area contributed by atoms with Crippen molar-refractivity contribution in [2.75, 3.05) is 58.3 Å². The zero-order chi connectivity index (χ0) is 40.9. The van der Waals surface area contributed by atoms with E-state index in [2.05, 4.69) is 54.1 Å². The van der Waals surface area contributed by atoms with E-state index in [9.17, 15) is 24.0 Å². The first kappa shape index (κ1) is 47.7. The molecule has 7 rings (SSSR count). The zero-order valence-corrected chi connectivity index (χ0v) is 38.2. The number of piperidine rings is 2. The van der Waals surface area contributed by atoms with Gasteiger partial charge in [0.2, 0.25) is 11.8 Å². The van der Waals surface area contributed by atoms with Gasteiger partial charge in [0.05, 0.1) is 41.4 Å². The van der Waals surface area contributed by atoms with Crippen molar-refractivity contribution in [2.24, 2.45) is 4.99 Å². The molecule has 310 valence electrons. The third-order valence-corrected chi connectivity index (χ3v) is 12.6. The van der Waals surface area contributed by atoms with Crippen LogP contribution in [-0.2, 0) is 25.2 Å². The number of hydrogen-bond donors (Lipinski definition) is 1. The molecule has 4 heterocycles. The molecule has 3 aromatic rings. The molecule has 3 aromatic carbocycles. The Morgan fingerprint density at radius 2 is 1.68 bits per heavy atom. The van der Waals surface area contributed by atoms with Crippen molar-refractivity contribution in [3.8, 4) is 5.75 Å². The fourth-order valence-corrected chi connectivity index (χ4v) is 9.11. The molecule has 0 saturated carbocycles. The van der Waals surface area contributed by atoms with Crippen LogP contribution in [0.3, 0.4) is 0 Å². The van der Waals surface area contributed by atoms with Crippen LogP contribution in [0.1, 0.15) is 108 Å². The Hall–Kier alpha value is -4.00. The zero-order valence-electron chi connectivity index (χ0n) is 35.4. The van der Waals surface area contributed by atoms with Gasteiger partial charge in [-0.05, 0) is 94.3 Å². The van der Waals surface area contributed by atoms with Crippen LogP contribution in [0, 0.1) is 14.4 Å². The first-order valence-corrected chi connectivity index (χ1v) is 20.2. The Bertz CT molecular complexity index is 2050. The molecule has 1 spiro atoms. The van der Waals surface area contributed by atoms with E-state index in [1.165, 1.54) is 11.1 Å². The average molecular weight is 833 g/mol. The van der Waals surface area contributed by atoms with Crippen LogP contribution >= 0.6 is 11.6 Å². The Balaban J connectivity index is 0.000000629. The van der Waals surface area contributed by atoms with Crippen molar-refractivity contribution in [1.29, 1.82) is 0 Å². The van der Waals surface area contributed by atoms with Crippen molar-refractivity contribution in [3.63, 3.8) is 0 Å². The number of amidine groups is 1. The third-order valence-electron chi connectivity index (χ3n) is 12.3. The maximum Gasteiger partial charge on any atom is 1.00 e. The minimum atomic E-state index is -0.340. The molecule has 0 aromatic heterocycles. The van der Waals surface area contributed by atoms with E-state index in [-0.39, 0.29) is 59.6 Å². The summed E-state index contributed by atoms with van der Waals surface area (Å²) in [5, 5.41) is 2.89. The molecule has 2 amide bonds. The van der Waals surface area contributed by atoms with E-state index in [4.69, 9.17) is 21.3 Å². The molecule has 59 heavy (non-hydrogen) atoms. The van der Waals surface area contributed by atoms with E-state index >= 15 is 0 Å².